The van der Waals surface area contributed by atoms with Crippen molar-refractivity contribution in [3.8, 4) is 0 Å². The van der Waals surface area contributed by atoms with E-state index in [-0.39, 0.29) is 0 Å². The summed E-state index contributed by atoms with van der Waals surface area (Å²) >= 11 is 1.80. The van der Waals surface area contributed by atoms with E-state index in [0.717, 1.165) is 30.3 Å². The number of hydrogen-bond acceptors (Lipinski definition) is 5. The first-order chi connectivity index (χ1) is 10.3. The number of rotatable bonds is 3. The predicted octanol–water partition coefficient (Wildman–Crippen LogP) is 2.72. The van der Waals surface area contributed by atoms with Crippen LogP contribution in [-0.2, 0) is 6.54 Å². The zero-order valence-electron chi connectivity index (χ0n) is 11.9. The Kier molecular flexibility index (Phi) is 3.11. The first kappa shape index (κ1) is 12.8. The number of fused-ring (bicyclic) bond motifs is 1. The third kappa shape index (κ3) is 2.40. The van der Waals surface area contributed by atoms with E-state index in [9.17, 15) is 0 Å². The highest BCUT2D eigenvalue weighted by atomic mass is 32.1. The average Bonchev–Trinajstić information content (AvgIpc) is 3.18. The van der Waals surface area contributed by atoms with E-state index in [2.05, 4.69) is 40.3 Å². The van der Waals surface area contributed by atoms with Crippen LogP contribution in [-0.4, -0.2) is 33.1 Å². The largest absolute Gasteiger partial charge is 0.348 e. The van der Waals surface area contributed by atoms with Gasteiger partial charge >= 0.3 is 0 Å². The maximum atomic E-state index is 4.84. The van der Waals surface area contributed by atoms with Crippen molar-refractivity contribution < 1.29 is 0 Å². The molecular formula is C15H17N5S. The standard InChI is InChI=1S/C15H17N5S/c1-11-3-2-4-13-14(11)17-15(21-13)19-7-5-12(9-19)10-20-8-6-16-18-20/h2-4,6,8,12H,5,7,9-10H2,1H3. The van der Waals surface area contributed by atoms with E-state index < -0.39 is 0 Å². The van der Waals surface area contributed by atoms with Crippen molar-refractivity contribution in [2.75, 3.05) is 18.0 Å². The number of para-hydroxylation sites is 1. The maximum absolute atomic E-state index is 4.84. The molecule has 1 aromatic carbocycles. The third-order valence-electron chi connectivity index (χ3n) is 4.08. The molecule has 2 aromatic heterocycles. The number of thiazole rings is 1. The van der Waals surface area contributed by atoms with Crippen molar-refractivity contribution in [3.05, 3.63) is 36.2 Å². The fourth-order valence-electron chi connectivity index (χ4n) is 2.96. The Bertz CT molecular complexity index is 749. The molecule has 5 nitrogen and oxygen atoms in total. The van der Waals surface area contributed by atoms with Crippen LogP contribution < -0.4 is 4.90 Å². The van der Waals surface area contributed by atoms with Gasteiger partial charge in [0.1, 0.15) is 0 Å². The number of benzene rings is 1. The molecule has 3 aromatic rings. The van der Waals surface area contributed by atoms with E-state index in [1.807, 2.05) is 10.9 Å². The molecule has 1 atom stereocenters. The minimum atomic E-state index is 0.625. The molecule has 1 aliphatic heterocycles. The van der Waals surface area contributed by atoms with Gasteiger partial charge in [0.05, 0.1) is 16.4 Å². The molecule has 1 unspecified atom stereocenters. The highest BCUT2D eigenvalue weighted by Crippen LogP contribution is 2.33. The summed E-state index contributed by atoms with van der Waals surface area (Å²) in [5, 5.41) is 9.08. The van der Waals surface area contributed by atoms with Gasteiger partial charge in [0.2, 0.25) is 0 Å². The Hall–Kier alpha value is -1.95. The van der Waals surface area contributed by atoms with Crippen molar-refractivity contribution >= 4 is 26.7 Å². The Morgan fingerprint density at radius 2 is 2.33 bits per heavy atom. The van der Waals surface area contributed by atoms with Gasteiger partial charge in [0, 0.05) is 25.8 Å². The monoisotopic (exact) mass is 299 g/mol. The molecule has 0 aliphatic carbocycles. The summed E-state index contributed by atoms with van der Waals surface area (Å²) in [5.74, 6) is 0.625. The van der Waals surface area contributed by atoms with Gasteiger partial charge < -0.3 is 4.90 Å². The molecular weight excluding hydrogens is 282 g/mol. The topological polar surface area (TPSA) is 46.8 Å². The number of aromatic nitrogens is 4. The van der Waals surface area contributed by atoms with Crippen LogP contribution in [0.4, 0.5) is 5.13 Å². The second-order valence-corrected chi connectivity index (χ2v) is 6.65. The normalized spacial score (nSPS) is 18.7. The van der Waals surface area contributed by atoms with Crippen LogP contribution in [0.25, 0.3) is 10.2 Å². The fourth-order valence-corrected chi connectivity index (χ4v) is 4.04. The summed E-state index contributed by atoms with van der Waals surface area (Å²) in [4.78, 5) is 7.24. The van der Waals surface area contributed by atoms with E-state index in [4.69, 9.17) is 4.98 Å². The number of aryl methyl sites for hydroxylation is 1. The summed E-state index contributed by atoms with van der Waals surface area (Å²) in [6.45, 7) is 5.21. The number of hydrogen-bond donors (Lipinski definition) is 0. The molecule has 6 heteroatoms. The van der Waals surface area contributed by atoms with Gasteiger partial charge in [0.15, 0.2) is 5.13 Å². The summed E-state index contributed by atoms with van der Waals surface area (Å²) in [6.07, 6.45) is 4.86. The highest BCUT2D eigenvalue weighted by molar-refractivity contribution is 7.22. The van der Waals surface area contributed by atoms with Crippen molar-refractivity contribution in [1.82, 2.24) is 20.0 Å². The molecule has 0 spiro atoms. The molecule has 1 aliphatic rings. The van der Waals surface area contributed by atoms with Crippen LogP contribution in [0, 0.1) is 12.8 Å². The molecule has 0 N–H and O–H groups in total. The lowest BCUT2D eigenvalue weighted by Gasteiger charge is -2.14. The third-order valence-corrected chi connectivity index (χ3v) is 5.16. The zero-order valence-corrected chi connectivity index (χ0v) is 12.8. The van der Waals surface area contributed by atoms with Gasteiger partial charge in [-0.05, 0) is 30.9 Å². The molecule has 0 saturated carbocycles. The van der Waals surface area contributed by atoms with Gasteiger partial charge in [0.25, 0.3) is 0 Å². The van der Waals surface area contributed by atoms with Crippen LogP contribution in [0.1, 0.15) is 12.0 Å². The lowest BCUT2D eigenvalue weighted by Crippen LogP contribution is -2.21. The van der Waals surface area contributed by atoms with Crippen molar-refractivity contribution in [2.24, 2.45) is 5.92 Å². The Morgan fingerprint density at radius 1 is 1.38 bits per heavy atom. The first-order valence-electron chi connectivity index (χ1n) is 7.25. The van der Waals surface area contributed by atoms with Gasteiger partial charge in [-0.1, -0.05) is 28.7 Å². The smallest absolute Gasteiger partial charge is 0.186 e. The Morgan fingerprint density at radius 3 is 3.14 bits per heavy atom. The Labute approximate surface area is 127 Å². The summed E-state index contributed by atoms with van der Waals surface area (Å²) in [6, 6.07) is 6.40. The van der Waals surface area contributed by atoms with Crippen molar-refractivity contribution in [1.29, 1.82) is 0 Å². The van der Waals surface area contributed by atoms with Gasteiger partial charge in [-0.2, -0.15) is 0 Å². The van der Waals surface area contributed by atoms with Gasteiger partial charge in [-0.25, -0.2) is 4.98 Å². The van der Waals surface area contributed by atoms with Crippen LogP contribution in [0.3, 0.4) is 0 Å². The van der Waals surface area contributed by atoms with Crippen LogP contribution >= 0.6 is 11.3 Å². The first-order valence-corrected chi connectivity index (χ1v) is 8.06. The van der Waals surface area contributed by atoms with E-state index in [1.54, 1.807) is 17.5 Å². The SMILES string of the molecule is Cc1cccc2sc(N3CCC(Cn4ccnn4)C3)nc12. The zero-order chi connectivity index (χ0) is 14.2. The molecule has 108 valence electrons. The average molecular weight is 299 g/mol. The predicted molar refractivity (Wildman–Crippen MR) is 84.7 cm³/mol. The maximum Gasteiger partial charge on any atom is 0.186 e. The summed E-state index contributed by atoms with van der Waals surface area (Å²) in [7, 11) is 0. The molecule has 1 saturated heterocycles. The summed E-state index contributed by atoms with van der Waals surface area (Å²) in [5.41, 5.74) is 2.41. The molecule has 1 fully saturated rings. The van der Waals surface area contributed by atoms with Gasteiger partial charge in [-0.3, -0.25) is 4.68 Å². The van der Waals surface area contributed by atoms with Crippen LogP contribution in [0.15, 0.2) is 30.6 Å². The van der Waals surface area contributed by atoms with Crippen molar-refractivity contribution in [3.63, 3.8) is 0 Å². The molecule has 3 heterocycles. The van der Waals surface area contributed by atoms with E-state index in [1.165, 1.54) is 16.7 Å². The Balaban J connectivity index is 1.52. The summed E-state index contributed by atoms with van der Waals surface area (Å²) < 4.78 is 3.21. The van der Waals surface area contributed by atoms with E-state index in [0.29, 0.717) is 5.92 Å². The molecule has 0 bridgehead atoms. The quantitative estimate of drug-likeness (QED) is 0.746. The van der Waals surface area contributed by atoms with Gasteiger partial charge in [-0.15, -0.1) is 5.10 Å². The highest BCUT2D eigenvalue weighted by Gasteiger charge is 2.25. The fraction of sp³-hybridized carbons (Fsp3) is 0.400. The molecule has 4 rings (SSSR count). The minimum Gasteiger partial charge on any atom is -0.348 e. The number of nitrogens with zero attached hydrogens (tertiary/aromatic N) is 5. The minimum absolute atomic E-state index is 0.625. The molecule has 0 amide bonds. The lowest BCUT2D eigenvalue weighted by molar-refractivity contribution is 0.444. The van der Waals surface area contributed by atoms with Crippen LogP contribution in [0.2, 0.25) is 0 Å². The molecule has 21 heavy (non-hydrogen) atoms. The second kappa shape index (κ2) is 5.11. The van der Waals surface area contributed by atoms with Crippen LogP contribution in [0.5, 0.6) is 0 Å². The molecule has 0 radical (unpaired) electrons. The lowest BCUT2D eigenvalue weighted by atomic mass is 10.1. The second-order valence-electron chi connectivity index (χ2n) is 5.64. The van der Waals surface area contributed by atoms with E-state index >= 15 is 0 Å². The number of anilines is 1. The van der Waals surface area contributed by atoms with Crippen molar-refractivity contribution in [2.45, 2.75) is 19.9 Å².